The van der Waals surface area contributed by atoms with Crippen molar-refractivity contribution in [3.05, 3.63) is 22.2 Å². The fourth-order valence-corrected chi connectivity index (χ4v) is 6.67. The molecule has 178 valence electrons. The summed E-state index contributed by atoms with van der Waals surface area (Å²) < 4.78 is 0. The summed E-state index contributed by atoms with van der Waals surface area (Å²) in [5.41, 5.74) is 0. The lowest BCUT2D eigenvalue weighted by atomic mass is 9.85. The summed E-state index contributed by atoms with van der Waals surface area (Å²) in [6.45, 7) is 0.219. The van der Waals surface area contributed by atoms with Crippen LogP contribution in [0.4, 0.5) is 0 Å². The summed E-state index contributed by atoms with van der Waals surface area (Å²) in [5, 5.41) is 1.26. The van der Waals surface area contributed by atoms with E-state index >= 15 is 0 Å². The van der Waals surface area contributed by atoms with Gasteiger partial charge in [-0.15, -0.1) is 0 Å². The second-order valence-electron chi connectivity index (χ2n) is 9.98. The zero-order chi connectivity index (χ0) is 23.3. The van der Waals surface area contributed by atoms with Gasteiger partial charge in [-0.05, 0) is 38.5 Å². The third-order valence-electron chi connectivity index (χ3n) is 8.06. The number of hydrogen-bond acceptors (Lipinski definition) is 5. The number of fused-ring (bicyclic) bond motifs is 2. The molecule has 2 heterocycles. The molecule has 1 saturated carbocycles. The second-order valence-corrected chi connectivity index (χ2v) is 11.0. The molecule has 0 aromatic rings. The molecule has 3 fully saturated rings. The molecule has 4 unspecified atom stereocenters. The Morgan fingerprint density at radius 3 is 1.58 bits per heavy atom. The Kier molecular flexibility index (Phi) is 6.40. The Morgan fingerprint density at radius 2 is 1.12 bits per heavy atom. The van der Waals surface area contributed by atoms with Crippen molar-refractivity contribution in [1.29, 1.82) is 0 Å². The van der Waals surface area contributed by atoms with Crippen molar-refractivity contribution in [3.8, 4) is 0 Å². The molecule has 0 N–H and O–H groups in total. The number of carbonyl (C=O) groups is 4. The van der Waals surface area contributed by atoms with E-state index in [4.69, 9.17) is 23.2 Å². The third kappa shape index (κ3) is 4.17. The number of imide groups is 2. The van der Waals surface area contributed by atoms with Gasteiger partial charge < -0.3 is 0 Å². The lowest BCUT2D eigenvalue weighted by Gasteiger charge is -2.38. The van der Waals surface area contributed by atoms with E-state index in [1.54, 1.807) is 0 Å². The molecule has 0 aromatic carbocycles. The van der Waals surface area contributed by atoms with Crippen LogP contribution in [0.15, 0.2) is 22.2 Å². The Hall–Kier alpha value is -1.70. The molecule has 4 atom stereocenters. The molecule has 0 spiro atoms. The SMILES string of the molecule is O=C1C2CC=C(Cl)CC2C(=O)N1CN(CN1C(=O)C2CC=C(Cl)CC2C1=O)C1CCCCC1. The number of carbonyl (C=O) groups excluding carboxylic acids is 4. The second kappa shape index (κ2) is 9.16. The van der Waals surface area contributed by atoms with E-state index in [-0.39, 0.29) is 54.8 Å². The molecule has 0 radical (unpaired) electrons. The Morgan fingerprint density at radius 1 is 0.697 bits per heavy atom. The molecule has 0 bridgehead atoms. The number of rotatable bonds is 5. The molecule has 2 saturated heterocycles. The van der Waals surface area contributed by atoms with E-state index in [0.717, 1.165) is 32.1 Å². The predicted molar refractivity (Wildman–Crippen MR) is 122 cm³/mol. The molecule has 4 amide bonds. The first-order valence-corrected chi connectivity index (χ1v) is 12.7. The summed E-state index contributed by atoms with van der Waals surface area (Å²) in [5.74, 6) is -2.27. The average molecular weight is 494 g/mol. The fourth-order valence-electron chi connectivity index (χ4n) is 6.16. The Bertz CT molecular complexity index is 876. The normalized spacial score (nSPS) is 32.9. The van der Waals surface area contributed by atoms with Crippen molar-refractivity contribution in [2.75, 3.05) is 13.3 Å². The van der Waals surface area contributed by atoms with Gasteiger partial charge in [0.1, 0.15) is 0 Å². The van der Waals surface area contributed by atoms with Crippen LogP contribution in [0.2, 0.25) is 0 Å². The molecule has 2 aliphatic heterocycles. The van der Waals surface area contributed by atoms with Crippen molar-refractivity contribution >= 4 is 46.8 Å². The standard InChI is InChI=1S/C24H29Cl2N3O4/c25-14-6-8-17-19(10-14)23(32)28(21(17)30)12-27(16-4-2-1-3-5-16)13-29-22(31)18-9-7-15(26)11-20(18)24(29)33/h6-7,16-20H,1-5,8-13H2. The van der Waals surface area contributed by atoms with Gasteiger partial charge in [0.25, 0.3) is 0 Å². The predicted octanol–water partition coefficient (Wildman–Crippen LogP) is 3.57. The van der Waals surface area contributed by atoms with Crippen molar-refractivity contribution in [2.24, 2.45) is 23.7 Å². The molecular weight excluding hydrogens is 465 g/mol. The topological polar surface area (TPSA) is 78.0 Å². The first-order valence-electron chi connectivity index (χ1n) is 12.0. The van der Waals surface area contributed by atoms with Crippen molar-refractivity contribution in [1.82, 2.24) is 14.7 Å². The number of halogens is 2. The highest BCUT2D eigenvalue weighted by Gasteiger charge is 2.51. The van der Waals surface area contributed by atoms with Gasteiger partial charge in [-0.1, -0.05) is 54.6 Å². The number of likely N-dealkylation sites (tertiary alicyclic amines) is 2. The van der Waals surface area contributed by atoms with Crippen LogP contribution in [-0.2, 0) is 19.2 Å². The van der Waals surface area contributed by atoms with Crippen LogP contribution in [0.25, 0.3) is 0 Å². The van der Waals surface area contributed by atoms with Gasteiger partial charge in [-0.2, -0.15) is 0 Å². The van der Waals surface area contributed by atoms with Crippen LogP contribution in [0.5, 0.6) is 0 Å². The molecule has 5 aliphatic rings. The molecule has 0 aromatic heterocycles. The van der Waals surface area contributed by atoms with Gasteiger partial charge >= 0.3 is 0 Å². The fraction of sp³-hybridized carbons (Fsp3) is 0.667. The average Bonchev–Trinajstić information content (AvgIpc) is 3.18. The minimum Gasteiger partial charge on any atom is -0.274 e. The summed E-state index contributed by atoms with van der Waals surface area (Å²) in [6, 6.07) is 0.119. The van der Waals surface area contributed by atoms with E-state index in [2.05, 4.69) is 0 Å². The lowest BCUT2D eigenvalue weighted by molar-refractivity contribution is -0.147. The highest BCUT2D eigenvalue weighted by atomic mass is 35.5. The van der Waals surface area contributed by atoms with Gasteiger partial charge in [-0.3, -0.25) is 33.9 Å². The van der Waals surface area contributed by atoms with E-state index in [1.807, 2.05) is 17.1 Å². The van der Waals surface area contributed by atoms with Crippen LogP contribution < -0.4 is 0 Å². The first kappa shape index (κ1) is 23.1. The van der Waals surface area contributed by atoms with E-state index in [9.17, 15) is 19.2 Å². The van der Waals surface area contributed by atoms with Gasteiger partial charge in [0.05, 0.1) is 37.0 Å². The van der Waals surface area contributed by atoms with Gasteiger partial charge in [-0.25, -0.2) is 0 Å². The van der Waals surface area contributed by atoms with Crippen molar-refractivity contribution < 1.29 is 19.2 Å². The van der Waals surface area contributed by atoms with E-state index in [0.29, 0.717) is 35.7 Å². The van der Waals surface area contributed by atoms with Crippen LogP contribution in [-0.4, -0.2) is 57.7 Å². The highest BCUT2D eigenvalue weighted by molar-refractivity contribution is 6.30. The van der Waals surface area contributed by atoms with Gasteiger partial charge in [0, 0.05) is 16.1 Å². The zero-order valence-corrected chi connectivity index (χ0v) is 20.1. The minimum atomic E-state index is -0.408. The van der Waals surface area contributed by atoms with Crippen LogP contribution in [0.1, 0.15) is 57.8 Å². The van der Waals surface area contributed by atoms with Crippen LogP contribution in [0.3, 0.4) is 0 Å². The largest absolute Gasteiger partial charge is 0.274 e. The number of allylic oxidation sites excluding steroid dienone is 4. The number of amides is 4. The quantitative estimate of drug-likeness (QED) is 0.547. The smallest absolute Gasteiger partial charge is 0.234 e. The van der Waals surface area contributed by atoms with Gasteiger partial charge in [0.15, 0.2) is 0 Å². The molecule has 33 heavy (non-hydrogen) atoms. The monoisotopic (exact) mass is 493 g/mol. The van der Waals surface area contributed by atoms with Crippen LogP contribution >= 0.6 is 23.2 Å². The maximum Gasteiger partial charge on any atom is 0.234 e. The highest BCUT2D eigenvalue weighted by Crippen LogP contribution is 2.41. The summed E-state index contributed by atoms with van der Waals surface area (Å²) in [4.78, 5) is 57.2. The third-order valence-corrected chi connectivity index (χ3v) is 8.68. The van der Waals surface area contributed by atoms with Gasteiger partial charge in [0.2, 0.25) is 23.6 Å². The lowest BCUT2D eigenvalue weighted by Crippen LogP contribution is -2.52. The van der Waals surface area contributed by atoms with E-state index in [1.165, 1.54) is 9.80 Å². The Balaban J connectivity index is 1.35. The molecule has 3 aliphatic carbocycles. The molecular formula is C24H29Cl2N3O4. The van der Waals surface area contributed by atoms with Crippen molar-refractivity contribution in [3.63, 3.8) is 0 Å². The summed E-state index contributed by atoms with van der Waals surface area (Å²) in [7, 11) is 0. The summed E-state index contributed by atoms with van der Waals surface area (Å²) >= 11 is 12.3. The Labute approximate surface area is 203 Å². The van der Waals surface area contributed by atoms with E-state index < -0.39 is 11.8 Å². The number of nitrogens with zero attached hydrogens (tertiary/aromatic N) is 3. The summed E-state index contributed by atoms with van der Waals surface area (Å²) in [6.07, 6.45) is 10.5. The van der Waals surface area contributed by atoms with Crippen LogP contribution in [0, 0.1) is 23.7 Å². The maximum absolute atomic E-state index is 13.1. The zero-order valence-electron chi connectivity index (χ0n) is 18.6. The number of hydrogen-bond donors (Lipinski definition) is 0. The minimum absolute atomic E-state index is 0.109. The molecule has 7 nitrogen and oxygen atoms in total. The molecule has 5 rings (SSSR count). The first-order chi connectivity index (χ1) is 15.8. The molecule has 9 heteroatoms. The van der Waals surface area contributed by atoms with Crippen molar-refractivity contribution in [2.45, 2.75) is 63.8 Å². The maximum atomic E-state index is 13.1.